The second kappa shape index (κ2) is 8.36. The van der Waals surface area contributed by atoms with Crippen LogP contribution in [0.3, 0.4) is 0 Å². The van der Waals surface area contributed by atoms with Crippen molar-refractivity contribution < 1.29 is 17.9 Å². The number of rotatable bonds is 7. The van der Waals surface area contributed by atoms with E-state index in [0.717, 1.165) is 16.9 Å². The molecule has 140 valence electrons. The SMILES string of the molecule is COc1ccc(CCC(=O)N(C)C(C)c2ccc(S(C)(=O)=O)cc2)cc1. The molecule has 1 amide bonds. The lowest BCUT2D eigenvalue weighted by Crippen LogP contribution is -2.29. The monoisotopic (exact) mass is 375 g/mol. The van der Waals surface area contributed by atoms with E-state index < -0.39 is 9.84 Å². The number of carbonyl (C=O) groups is 1. The smallest absolute Gasteiger partial charge is 0.223 e. The fourth-order valence-corrected chi connectivity index (χ4v) is 3.28. The molecular formula is C20H25NO4S. The van der Waals surface area contributed by atoms with E-state index in [-0.39, 0.29) is 16.8 Å². The lowest BCUT2D eigenvalue weighted by atomic mass is 10.1. The summed E-state index contributed by atoms with van der Waals surface area (Å²) < 4.78 is 28.2. The topological polar surface area (TPSA) is 63.7 Å². The van der Waals surface area contributed by atoms with Gasteiger partial charge in [-0.1, -0.05) is 24.3 Å². The molecule has 0 spiro atoms. The number of nitrogens with zero attached hydrogens (tertiary/aromatic N) is 1. The van der Waals surface area contributed by atoms with Gasteiger partial charge in [-0.3, -0.25) is 4.79 Å². The van der Waals surface area contributed by atoms with Gasteiger partial charge >= 0.3 is 0 Å². The minimum Gasteiger partial charge on any atom is -0.497 e. The van der Waals surface area contributed by atoms with Crippen LogP contribution in [0.15, 0.2) is 53.4 Å². The Morgan fingerprint density at radius 3 is 2.15 bits per heavy atom. The number of methoxy groups -OCH3 is 1. The predicted molar refractivity (Wildman–Crippen MR) is 102 cm³/mol. The summed E-state index contributed by atoms with van der Waals surface area (Å²) in [6.45, 7) is 1.93. The van der Waals surface area contributed by atoms with Crippen LogP contribution in [0.4, 0.5) is 0 Å². The van der Waals surface area contributed by atoms with Gasteiger partial charge in [-0.25, -0.2) is 8.42 Å². The number of benzene rings is 2. The molecule has 0 radical (unpaired) electrons. The summed E-state index contributed by atoms with van der Waals surface area (Å²) in [5.41, 5.74) is 1.98. The van der Waals surface area contributed by atoms with Crippen LogP contribution in [-0.2, 0) is 21.1 Å². The molecule has 1 atom stereocenters. The number of carbonyl (C=O) groups excluding carboxylic acids is 1. The number of amides is 1. The van der Waals surface area contributed by atoms with Crippen LogP contribution in [-0.4, -0.2) is 39.6 Å². The van der Waals surface area contributed by atoms with Crippen LogP contribution in [0.1, 0.15) is 30.5 Å². The Balaban J connectivity index is 1.97. The standard InChI is InChI=1S/C20H25NO4S/c1-15(17-8-12-19(13-9-17)26(4,23)24)21(2)20(22)14-7-16-5-10-18(25-3)11-6-16/h5-6,8-13,15H,7,14H2,1-4H3. The van der Waals surface area contributed by atoms with Crippen LogP contribution in [0, 0.1) is 0 Å². The number of sulfone groups is 1. The van der Waals surface area contributed by atoms with Crippen LogP contribution in [0.5, 0.6) is 5.75 Å². The molecule has 0 heterocycles. The van der Waals surface area contributed by atoms with E-state index in [4.69, 9.17) is 4.74 Å². The zero-order valence-electron chi connectivity index (χ0n) is 15.6. The van der Waals surface area contributed by atoms with Crippen LogP contribution in [0.2, 0.25) is 0 Å². The molecule has 26 heavy (non-hydrogen) atoms. The second-order valence-electron chi connectivity index (χ2n) is 6.37. The molecule has 5 nitrogen and oxygen atoms in total. The van der Waals surface area contributed by atoms with Gasteiger partial charge in [0, 0.05) is 19.7 Å². The first kappa shape index (κ1) is 20.0. The Bertz CT molecular complexity index is 842. The van der Waals surface area contributed by atoms with E-state index in [1.165, 1.54) is 6.26 Å². The lowest BCUT2D eigenvalue weighted by molar-refractivity contribution is -0.131. The first-order valence-electron chi connectivity index (χ1n) is 8.41. The highest BCUT2D eigenvalue weighted by molar-refractivity contribution is 7.90. The van der Waals surface area contributed by atoms with E-state index in [2.05, 4.69) is 0 Å². The van der Waals surface area contributed by atoms with E-state index in [0.29, 0.717) is 12.8 Å². The van der Waals surface area contributed by atoms with Crippen molar-refractivity contribution in [3.8, 4) is 5.75 Å². The van der Waals surface area contributed by atoms with Crippen molar-refractivity contribution in [1.82, 2.24) is 4.90 Å². The molecule has 0 fully saturated rings. The predicted octanol–water partition coefficient (Wildman–Crippen LogP) is 3.25. The third-order valence-corrected chi connectivity index (χ3v) is 5.68. The fourth-order valence-electron chi connectivity index (χ4n) is 2.65. The molecule has 0 saturated heterocycles. The van der Waals surface area contributed by atoms with Crippen LogP contribution >= 0.6 is 0 Å². The summed E-state index contributed by atoms with van der Waals surface area (Å²) >= 11 is 0. The van der Waals surface area contributed by atoms with Crippen molar-refractivity contribution in [1.29, 1.82) is 0 Å². The Morgan fingerprint density at radius 1 is 1.08 bits per heavy atom. The van der Waals surface area contributed by atoms with E-state index >= 15 is 0 Å². The maximum atomic E-state index is 12.5. The quantitative estimate of drug-likeness (QED) is 0.745. The highest BCUT2D eigenvalue weighted by Gasteiger charge is 2.18. The highest BCUT2D eigenvalue weighted by Crippen LogP contribution is 2.22. The zero-order chi connectivity index (χ0) is 19.3. The Hall–Kier alpha value is -2.34. The van der Waals surface area contributed by atoms with Crippen molar-refractivity contribution in [3.63, 3.8) is 0 Å². The normalized spacial score (nSPS) is 12.5. The van der Waals surface area contributed by atoms with Crippen molar-refractivity contribution in [2.24, 2.45) is 0 Å². The Kier molecular flexibility index (Phi) is 6.42. The minimum atomic E-state index is -3.22. The van der Waals surface area contributed by atoms with Gasteiger partial charge in [0.05, 0.1) is 18.0 Å². The first-order chi connectivity index (χ1) is 12.2. The summed E-state index contributed by atoms with van der Waals surface area (Å²) in [4.78, 5) is 14.5. The number of aryl methyl sites for hydroxylation is 1. The van der Waals surface area contributed by atoms with E-state index in [1.807, 2.05) is 31.2 Å². The van der Waals surface area contributed by atoms with Gasteiger partial charge in [-0.05, 0) is 48.7 Å². The van der Waals surface area contributed by atoms with Gasteiger partial charge in [0.25, 0.3) is 0 Å². The van der Waals surface area contributed by atoms with Gasteiger partial charge in [-0.2, -0.15) is 0 Å². The average molecular weight is 375 g/mol. The Morgan fingerprint density at radius 2 is 1.65 bits per heavy atom. The van der Waals surface area contributed by atoms with Crippen molar-refractivity contribution in [3.05, 3.63) is 59.7 Å². The molecule has 0 bridgehead atoms. The van der Waals surface area contributed by atoms with Crippen molar-refractivity contribution >= 4 is 15.7 Å². The molecule has 6 heteroatoms. The molecule has 2 aromatic carbocycles. The van der Waals surface area contributed by atoms with E-state index in [1.54, 1.807) is 43.3 Å². The second-order valence-corrected chi connectivity index (χ2v) is 8.39. The first-order valence-corrected chi connectivity index (χ1v) is 10.3. The summed E-state index contributed by atoms with van der Waals surface area (Å²) in [7, 11) is 0.176. The molecule has 2 rings (SSSR count). The van der Waals surface area contributed by atoms with Crippen molar-refractivity contribution in [2.75, 3.05) is 20.4 Å². The highest BCUT2D eigenvalue weighted by atomic mass is 32.2. The molecule has 1 unspecified atom stereocenters. The van der Waals surface area contributed by atoms with E-state index in [9.17, 15) is 13.2 Å². The third-order valence-electron chi connectivity index (χ3n) is 4.55. The molecule has 0 aromatic heterocycles. The number of hydrogen-bond donors (Lipinski definition) is 0. The molecule has 0 saturated carbocycles. The van der Waals surface area contributed by atoms with Crippen LogP contribution < -0.4 is 4.74 Å². The maximum Gasteiger partial charge on any atom is 0.223 e. The van der Waals surface area contributed by atoms with Gasteiger partial charge in [-0.15, -0.1) is 0 Å². The lowest BCUT2D eigenvalue weighted by Gasteiger charge is -2.25. The minimum absolute atomic E-state index is 0.0421. The molecule has 2 aromatic rings. The summed E-state index contributed by atoms with van der Waals surface area (Å²) in [6.07, 6.45) is 2.25. The molecule has 0 N–H and O–H groups in total. The largest absolute Gasteiger partial charge is 0.497 e. The molecule has 0 aliphatic heterocycles. The van der Waals surface area contributed by atoms with Crippen LogP contribution in [0.25, 0.3) is 0 Å². The number of ether oxygens (including phenoxy) is 1. The molecule has 0 aliphatic carbocycles. The fraction of sp³-hybridized carbons (Fsp3) is 0.350. The zero-order valence-corrected chi connectivity index (χ0v) is 16.4. The molecule has 0 aliphatic rings. The van der Waals surface area contributed by atoms with Gasteiger partial charge in [0.15, 0.2) is 9.84 Å². The summed E-state index contributed by atoms with van der Waals surface area (Å²) in [6, 6.07) is 14.2. The van der Waals surface area contributed by atoms with Gasteiger partial charge in [0.1, 0.15) is 5.75 Å². The summed E-state index contributed by atoms with van der Waals surface area (Å²) in [5, 5.41) is 0. The summed E-state index contributed by atoms with van der Waals surface area (Å²) in [5.74, 6) is 0.837. The Labute approximate surface area is 155 Å². The maximum absolute atomic E-state index is 12.5. The number of hydrogen-bond acceptors (Lipinski definition) is 4. The van der Waals surface area contributed by atoms with Crippen molar-refractivity contribution in [2.45, 2.75) is 30.7 Å². The van der Waals surface area contributed by atoms with Gasteiger partial charge < -0.3 is 9.64 Å². The molecular weight excluding hydrogens is 350 g/mol. The third kappa shape index (κ3) is 5.08. The van der Waals surface area contributed by atoms with Gasteiger partial charge in [0.2, 0.25) is 5.91 Å². The average Bonchev–Trinajstić information content (AvgIpc) is 2.64.